The fourth-order valence-corrected chi connectivity index (χ4v) is 2.30. The molecule has 0 saturated carbocycles. The van der Waals surface area contributed by atoms with Gasteiger partial charge in [-0.25, -0.2) is 0 Å². The third-order valence-electron chi connectivity index (χ3n) is 3.63. The Labute approximate surface area is 127 Å². The zero-order valence-corrected chi connectivity index (χ0v) is 13.6. The molecule has 0 aliphatic heterocycles. The first-order valence-electron chi connectivity index (χ1n) is 7.42. The van der Waals surface area contributed by atoms with Crippen molar-refractivity contribution in [1.82, 2.24) is 15.1 Å². The van der Waals surface area contributed by atoms with Gasteiger partial charge in [0.1, 0.15) is 12.3 Å². The van der Waals surface area contributed by atoms with E-state index in [4.69, 9.17) is 4.74 Å². The van der Waals surface area contributed by atoms with Gasteiger partial charge in [-0.05, 0) is 25.0 Å². The molecule has 21 heavy (non-hydrogen) atoms. The molecule has 4 heteroatoms. The molecule has 0 unspecified atom stereocenters. The summed E-state index contributed by atoms with van der Waals surface area (Å²) in [4.78, 5) is 0. The quantitative estimate of drug-likeness (QED) is 0.887. The van der Waals surface area contributed by atoms with Gasteiger partial charge in [0.15, 0.2) is 5.75 Å². The molecule has 0 saturated heterocycles. The Morgan fingerprint density at radius 3 is 2.43 bits per heavy atom. The highest BCUT2D eigenvalue weighted by molar-refractivity contribution is 5.33. The lowest BCUT2D eigenvalue weighted by molar-refractivity contribution is 0.300. The number of ether oxygens (including phenoxy) is 1. The number of hydrogen-bond acceptors (Lipinski definition) is 3. The average molecular weight is 287 g/mol. The Balaban J connectivity index is 2.09. The van der Waals surface area contributed by atoms with Crippen LogP contribution in [0.25, 0.3) is 0 Å². The predicted molar refractivity (Wildman–Crippen MR) is 85.4 cm³/mol. The molecule has 1 aromatic heterocycles. The molecule has 0 radical (unpaired) electrons. The summed E-state index contributed by atoms with van der Waals surface area (Å²) in [7, 11) is 1.94. The van der Waals surface area contributed by atoms with Gasteiger partial charge in [0.05, 0.1) is 5.69 Å². The molecule has 0 atom stereocenters. The highest BCUT2D eigenvalue weighted by atomic mass is 16.5. The van der Waals surface area contributed by atoms with Gasteiger partial charge in [-0.2, -0.15) is 5.10 Å². The molecule has 0 bridgehead atoms. The van der Waals surface area contributed by atoms with Crippen LogP contribution in [0.2, 0.25) is 0 Å². The number of benzene rings is 1. The zero-order chi connectivity index (χ0) is 15.4. The van der Waals surface area contributed by atoms with Gasteiger partial charge in [0, 0.05) is 19.6 Å². The summed E-state index contributed by atoms with van der Waals surface area (Å²) >= 11 is 0. The van der Waals surface area contributed by atoms with Crippen molar-refractivity contribution in [3.63, 3.8) is 0 Å². The minimum absolute atomic E-state index is 0.474. The average Bonchev–Trinajstić information content (AvgIpc) is 2.69. The van der Waals surface area contributed by atoms with Crippen LogP contribution in [0, 0.1) is 13.8 Å². The van der Waals surface area contributed by atoms with Crippen LogP contribution in [0.1, 0.15) is 36.4 Å². The van der Waals surface area contributed by atoms with E-state index in [1.54, 1.807) is 0 Å². The Hall–Kier alpha value is -1.81. The first-order valence-corrected chi connectivity index (χ1v) is 7.42. The standard InChI is InChI=1S/C17H25N3O/c1-12(2)18-10-15-8-6-7-9-16(15)11-21-17-13(3)19-20(5)14(17)4/h6-9,12,18H,10-11H2,1-5H3. The van der Waals surface area contributed by atoms with Crippen LogP contribution in [-0.4, -0.2) is 15.8 Å². The maximum absolute atomic E-state index is 6.01. The van der Waals surface area contributed by atoms with Crippen molar-refractivity contribution in [1.29, 1.82) is 0 Å². The van der Waals surface area contributed by atoms with E-state index >= 15 is 0 Å². The lowest BCUT2D eigenvalue weighted by atomic mass is 10.1. The second-order valence-corrected chi connectivity index (χ2v) is 5.72. The van der Waals surface area contributed by atoms with E-state index in [0.29, 0.717) is 12.6 Å². The maximum Gasteiger partial charge on any atom is 0.163 e. The van der Waals surface area contributed by atoms with Crippen LogP contribution in [0.4, 0.5) is 0 Å². The number of aryl methyl sites for hydroxylation is 2. The van der Waals surface area contributed by atoms with E-state index in [-0.39, 0.29) is 0 Å². The van der Waals surface area contributed by atoms with Crippen molar-refractivity contribution in [2.75, 3.05) is 0 Å². The lowest BCUT2D eigenvalue weighted by Gasteiger charge is -2.13. The summed E-state index contributed by atoms with van der Waals surface area (Å²) in [6.45, 7) is 9.75. The molecule has 2 aromatic rings. The third kappa shape index (κ3) is 3.85. The fourth-order valence-electron chi connectivity index (χ4n) is 2.30. The van der Waals surface area contributed by atoms with Gasteiger partial charge in [-0.1, -0.05) is 38.1 Å². The molecular formula is C17H25N3O. The summed E-state index contributed by atoms with van der Waals surface area (Å²) in [5, 5.41) is 7.84. The molecule has 2 rings (SSSR count). The third-order valence-corrected chi connectivity index (χ3v) is 3.63. The van der Waals surface area contributed by atoms with E-state index in [9.17, 15) is 0 Å². The molecule has 0 aliphatic rings. The zero-order valence-electron chi connectivity index (χ0n) is 13.6. The smallest absolute Gasteiger partial charge is 0.163 e. The highest BCUT2D eigenvalue weighted by Gasteiger charge is 2.11. The van der Waals surface area contributed by atoms with Gasteiger partial charge in [0.2, 0.25) is 0 Å². The normalized spacial score (nSPS) is 11.1. The molecule has 1 heterocycles. The summed E-state index contributed by atoms with van der Waals surface area (Å²) in [5.74, 6) is 0.893. The summed E-state index contributed by atoms with van der Waals surface area (Å²) < 4.78 is 7.87. The molecule has 1 aromatic carbocycles. The van der Waals surface area contributed by atoms with Crippen LogP contribution < -0.4 is 10.1 Å². The predicted octanol–water partition coefficient (Wildman–Crippen LogP) is 3.11. The van der Waals surface area contributed by atoms with Crippen molar-refractivity contribution < 1.29 is 4.74 Å². The first kappa shape index (κ1) is 15.6. The molecule has 0 amide bonds. The van der Waals surface area contributed by atoms with Crippen LogP contribution in [0.15, 0.2) is 24.3 Å². The van der Waals surface area contributed by atoms with E-state index < -0.39 is 0 Å². The van der Waals surface area contributed by atoms with Crippen molar-refractivity contribution in [2.24, 2.45) is 7.05 Å². The van der Waals surface area contributed by atoms with Crippen molar-refractivity contribution in [2.45, 2.75) is 46.9 Å². The number of nitrogens with zero attached hydrogens (tertiary/aromatic N) is 2. The largest absolute Gasteiger partial charge is 0.485 e. The molecule has 1 N–H and O–H groups in total. The van der Waals surface area contributed by atoms with E-state index in [0.717, 1.165) is 23.7 Å². The van der Waals surface area contributed by atoms with Crippen molar-refractivity contribution >= 4 is 0 Å². The van der Waals surface area contributed by atoms with Crippen molar-refractivity contribution in [3.05, 3.63) is 46.8 Å². The highest BCUT2D eigenvalue weighted by Crippen LogP contribution is 2.23. The Morgan fingerprint density at radius 1 is 1.19 bits per heavy atom. The topological polar surface area (TPSA) is 39.1 Å². The monoisotopic (exact) mass is 287 g/mol. The summed E-state index contributed by atoms with van der Waals surface area (Å²) in [6, 6.07) is 8.87. The van der Waals surface area contributed by atoms with E-state index in [1.807, 2.05) is 25.6 Å². The number of nitrogens with one attached hydrogen (secondary N) is 1. The summed E-state index contributed by atoms with van der Waals surface area (Å²) in [5.41, 5.74) is 4.50. The van der Waals surface area contributed by atoms with E-state index in [2.05, 4.69) is 48.5 Å². The number of hydrogen-bond donors (Lipinski definition) is 1. The van der Waals surface area contributed by atoms with Gasteiger partial charge >= 0.3 is 0 Å². The molecule has 0 fully saturated rings. The van der Waals surface area contributed by atoms with Gasteiger partial charge in [-0.15, -0.1) is 0 Å². The number of rotatable bonds is 6. The lowest BCUT2D eigenvalue weighted by Crippen LogP contribution is -2.22. The number of aromatic nitrogens is 2. The molecule has 0 spiro atoms. The first-order chi connectivity index (χ1) is 9.99. The van der Waals surface area contributed by atoms with Crippen LogP contribution in [0.3, 0.4) is 0 Å². The van der Waals surface area contributed by atoms with Gasteiger partial charge < -0.3 is 10.1 Å². The van der Waals surface area contributed by atoms with Gasteiger partial charge in [-0.3, -0.25) is 4.68 Å². The summed E-state index contributed by atoms with van der Waals surface area (Å²) in [6.07, 6.45) is 0. The van der Waals surface area contributed by atoms with Crippen LogP contribution >= 0.6 is 0 Å². The van der Waals surface area contributed by atoms with Crippen LogP contribution in [-0.2, 0) is 20.2 Å². The second kappa shape index (κ2) is 6.76. The Kier molecular flexibility index (Phi) is 5.02. The van der Waals surface area contributed by atoms with Gasteiger partial charge in [0.25, 0.3) is 0 Å². The minimum Gasteiger partial charge on any atom is -0.485 e. The Bertz CT molecular complexity index is 602. The fraction of sp³-hybridized carbons (Fsp3) is 0.471. The molecule has 4 nitrogen and oxygen atoms in total. The maximum atomic E-state index is 6.01. The molecule has 0 aliphatic carbocycles. The molecular weight excluding hydrogens is 262 g/mol. The second-order valence-electron chi connectivity index (χ2n) is 5.72. The molecule has 114 valence electrons. The van der Waals surface area contributed by atoms with Crippen LogP contribution in [0.5, 0.6) is 5.75 Å². The SMILES string of the molecule is Cc1nn(C)c(C)c1OCc1ccccc1CNC(C)C. The Morgan fingerprint density at radius 2 is 1.86 bits per heavy atom. The van der Waals surface area contributed by atoms with Crippen molar-refractivity contribution in [3.8, 4) is 5.75 Å². The van der Waals surface area contributed by atoms with E-state index in [1.165, 1.54) is 11.1 Å². The minimum atomic E-state index is 0.474.